The van der Waals surface area contributed by atoms with Crippen LogP contribution in [0.15, 0.2) is 35.3 Å². The van der Waals surface area contributed by atoms with Gasteiger partial charge in [0.2, 0.25) is 0 Å². The average Bonchev–Trinajstić information content (AvgIpc) is 3.71. The Morgan fingerprint density at radius 1 is 1.09 bits per heavy atom. The van der Waals surface area contributed by atoms with Crippen LogP contribution in [0.1, 0.15) is 67.5 Å². The number of hydrogen-bond acceptors (Lipinski definition) is 7. The topological polar surface area (TPSA) is 194 Å². The van der Waals surface area contributed by atoms with E-state index in [2.05, 4.69) is 45.3 Å². The SMILES string of the molecule is CCCCN=C(N)Nc1ccc2[nH]c3c(c2c1)C[C@@]1(O)[C@@H]2Cc4ccc(O)c5c4[C@@]1(CCN2CC1CC1)[C@H]3O5.O=C(O)C(F)(F)F.O=C(O)C(F)(F)F. The molecule has 3 heterocycles. The molecule has 0 amide bonds. The Kier molecular flexibility index (Phi) is 9.76. The highest BCUT2D eigenvalue weighted by Gasteiger charge is 2.73. The molecule has 2 aromatic carbocycles. The maximum absolute atomic E-state index is 13.0. The van der Waals surface area contributed by atoms with Gasteiger partial charge in [0.15, 0.2) is 23.6 Å². The Labute approximate surface area is 298 Å². The smallest absolute Gasteiger partial charge is 0.490 e. The minimum atomic E-state index is -5.08. The lowest BCUT2D eigenvalue weighted by Gasteiger charge is -2.62. The largest absolute Gasteiger partial charge is 0.504 e. The summed E-state index contributed by atoms with van der Waals surface area (Å²) in [6.07, 6.45) is -3.73. The fraction of sp³-hybridized carbons (Fsp3) is 0.514. The number of aliphatic imine (C=N–C) groups is 1. The number of likely N-dealkylation sites (tertiary alicyclic amines) is 1. The van der Waals surface area contributed by atoms with Crippen molar-refractivity contribution in [2.75, 3.05) is 25.0 Å². The van der Waals surface area contributed by atoms with E-state index in [1.807, 2.05) is 6.07 Å². The minimum absolute atomic E-state index is 0.0155. The van der Waals surface area contributed by atoms with Gasteiger partial charge >= 0.3 is 24.3 Å². The summed E-state index contributed by atoms with van der Waals surface area (Å²) in [5.41, 5.74) is 10.9. The standard InChI is InChI=1S/C31H37N5O3.2C2HF3O2/c1-2-3-11-33-29(32)34-19-7-8-22-20(14-19)21-15-31(38)24-13-18-6-9-23(37)27-25(18)30(31,28(39-27)26(21)35-22)10-12-36(24)16-17-4-5-17;2*3-2(4,5)1(6)7/h6-9,14,17,24,28,35,37-38H,2-5,10-13,15-16H2,1H3,(H3,32,33,34);2*(H,6,7)/t24-,28-,30-,31+;;/m0../s1. The number of phenols is 1. The number of fused-ring (bicyclic) bond motifs is 4. The summed E-state index contributed by atoms with van der Waals surface area (Å²) in [5.74, 6) is -3.61. The lowest BCUT2D eigenvalue weighted by molar-refractivity contribution is -0.193. The number of nitrogens with two attached hydrogens (primary N) is 1. The lowest BCUT2D eigenvalue weighted by atomic mass is 9.49. The van der Waals surface area contributed by atoms with Gasteiger partial charge in [-0.25, -0.2) is 9.59 Å². The number of nitrogens with one attached hydrogen (secondary N) is 2. The van der Waals surface area contributed by atoms with Crippen LogP contribution in [0.3, 0.4) is 0 Å². The number of aromatic hydroxyl groups is 1. The second-order valence-corrected chi connectivity index (χ2v) is 14.1. The second-order valence-electron chi connectivity index (χ2n) is 14.1. The Hall–Kier alpha value is -4.71. The summed E-state index contributed by atoms with van der Waals surface area (Å²) < 4.78 is 70.2. The molecule has 2 aliphatic heterocycles. The number of carboxylic acid groups (broad SMARTS) is 2. The summed E-state index contributed by atoms with van der Waals surface area (Å²) >= 11 is 0. The molecule has 18 heteroatoms. The number of phenolic OH excluding ortho intramolecular Hbond substituents is 1. The molecule has 0 radical (unpaired) electrons. The van der Waals surface area contributed by atoms with Crippen molar-refractivity contribution in [3.05, 3.63) is 52.7 Å². The van der Waals surface area contributed by atoms with E-state index in [1.165, 1.54) is 18.4 Å². The van der Waals surface area contributed by atoms with Crippen LogP contribution in [0.2, 0.25) is 0 Å². The number of alkyl halides is 6. The second kappa shape index (κ2) is 13.6. The highest BCUT2D eigenvalue weighted by atomic mass is 19.4. The molecule has 288 valence electrons. The van der Waals surface area contributed by atoms with Gasteiger partial charge < -0.3 is 41.2 Å². The number of carbonyl (C=O) groups is 2. The van der Waals surface area contributed by atoms with Crippen molar-refractivity contribution in [1.82, 2.24) is 9.88 Å². The fourth-order valence-electron chi connectivity index (χ4n) is 8.24. The van der Waals surface area contributed by atoms with Crippen LogP contribution in [-0.2, 0) is 27.8 Å². The number of carboxylic acids is 2. The van der Waals surface area contributed by atoms with Gasteiger partial charge in [-0.2, -0.15) is 26.3 Å². The van der Waals surface area contributed by atoms with E-state index < -0.39 is 35.3 Å². The van der Waals surface area contributed by atoms with Gasteiger partial charge in [0, 0.05) is 47.7 Å². The van der Waals surface area contributed by atoms with Crippen molar-refractivity contribution in [1.29, 1.82) is 0 Å². The van der Waals surface area contributed by atoms with E-state index in [-0.39, 0.29) is 17.9 Å². The number of aromatic amines is 1. The molecule has 1 saturated carbocycles. The first-order chi connectivity index (χ1) is 24.8. The predicted molar refractivity (Wildman–Crippen MR) is 179 cm³/mol. The maximum Gasteiger partial charge on any atom is 0.490 e. The zero-order valence-corrected chi connectivity index (χ0v) is 28.4. The van der Waals surface area contributed by atoms with Crippen LogP contribution < -0.4 is 15.8 Å². The minimum Gasteiger partial charge on any atom is -0.504 e. The van der Waals surface area contributed by atoms with Crippen LogP contribution >= 0.6 is 0 Å². The highest BCUT2D eigenvalue weighted by Crippen LogP contribution is 2.69. The Morgan fingerprint density at radius 3 is 2.36 bits per heavy atom. The molecule has 12 nitrogen and oxygen atoms in total. The first kappa shape index (κ1) is 38.0. The zero-order valence-electron chi connectivity index (χ0n) is 28.4. The van der Waals surface area contributed by atoms with E-state index in [4.69, 9.17) is 30.3 Å². The molecule has 3 aromatic rings. The number of ether oxygens (including phenoxy) is 1. The van der Waals surface area contributed by atoms with Crippen molar-refractivity contribution in [2.45, 2.75) is 87.4 Å². The van der Waals surface area contributed by atoms with Crippen LogP contribution in [-0.4, -0.2) is 91.8 Å². The van der Waals surface area contributed by atoms with Crippen LogP contribution in [0.4, 0.5) is 32.0 Å². The molecule has 2 fully saturated rings. The fourth-order valence-corrected chi connectivity index (χ4v) is 8.24. The van der Waals surface area contributed by atoms with Gasteiger partial charge in [0.25, 0.3) is 0 Å². The first-order valence-corrected chi connectivity index (χ1v) is 17.1. The summed E-state index contributed by atoms with van der Waals surface area (Å²) in [6.45, 7) is 4.85. The van der Waals surface area contributed by atoms with Crippen molar-refractivity contribution >= 4 is 34.5 Å². The van der Waals surface area contributed by atoms with E-state index >= 15 is 0 Å². The van der Waals surface area contributed by atoms with Gasteiger partial charge in [0.1, 0.15) is 0 Å². The number of hydrogen-bond donors (Lipinski definition) is 7. The first-order valence-electron chi connectivity index (χ1n) is 17.1. The lowest BCUT2D eigenvalue weighted by Crippen LogP contribution is -2.74. The summed E-state index contributed by atoms with van der Waals surface area (Å²) in [6, 6.07) is 10.0. The van der Waals surface area contributed by atoms with Gasteiger partial charge in [-0.15, -0.1) is 0 Å². The molecule has 53 heavy (non-hydrogen) atoms. The van der Waals surface area contributed by atoms with Crippen molar-refractivity contribution in [2.24, 2.45) is 16.6 Å². The third-order valence-corrected chi connectivity index (χ3v) is 10.7. The number of unbranched alkanes of at least 4 members (excludes halogenated alkanes) is 1. The maximum atomic E-state index is 13.0. The molecule has 3 aliphatic carbocycles. The number of nitrogens with zero attached hydrogens (tertiary/aromatic N) is 2. The molecule has 8 N–H and O–H groups in total. The Balaban J connectivity index is 0.000000294. The molecule has 1 saturated heterocycles. The molecule has 4 atom stereocenters. The monoisotopic (exact) mass is 755 g/mol. The number of piperidine rings is 1. The number of aliphatic carboxylic acids is 2. The van der Waals surface area contributed by atoms with E-state index in [0.717, 1.165) is 78.1 Å². The van der Waals surface area contributed by atoms with Crippen LogP contribution in [0, 0.1) is 5.92 Å². The van der Waals surface area contributed by atoms with Crippen LogP contribution in [0.5, 0.6) is 11.5 Å². The number of halogens is 6. The predicted octanol–water partition coefficient (Wildman–Crippen LogP) is 5.37. The third kappa shape index (κ3) is 6.82. The molecule has 8 rings (SSSR count). The quantitative estimate of drug-likeness (QED) is 0.0745. The van der Waals surface area contributed by atoms with Gasteiger partial charge in [-0.3, -0.25) is 9.89 Å². The normalized spacial score (nSPS) is 25.5. The van der Waals surface area contributed by atoms with E-state index in [0.29, 0.717) is 24.7 Å². The molecule has 2 bridgehead atoms. The summed E-state index contributed by atoms with van der Waals surface area (Å²) in [5, 5.41) is 42.5. The average molecular weight is 756 g/mol. The summed E-state index contributed by atoms with van der Waals surface area (Å²) in [4.78, 5) is 28.5. The number of aromatic nitrogens is 1. The van der Waals surface area contributed by atoms with E-state index in [9.17, 15) is 36.6 Å². The molecule has 0 unspecified atom stereocenters. The third-order valence-electron chi connectivity index (χ3n) is 10.7. The number of rotatable bonds is 6. The molecular weight excluding hydrogens is 716 g/mol. The van der Waals surface area contributed by atoms with Gasteiger partial charge in [-0.1, -0.05) is 19.4 Å². The van der Waals surface area contributed by atoms with E-state index in [1.54, 1.807) is 6.07 Å². The number of benzene rings is 2. The number of anilines is 1. The van der Waals surface area contributed by atoms with Gasteiger partial charge in [-0.05, 0) is 80.0 Å². The summed E-state index contributed by atoms with van der Waals surface area (Å²) in [7, 11) is 0. The van der Waals surface area contributed by atoms with Crippen molar-refractivity contribution in [3.8, 4) is 11.5 Å². The Morgan fingerprint density at radius 2 is 1.75 bits per heavy atom. The molecule has 5 aliphatic rings. The van der Waals surface area contributed by atoms with Crippen molar-refractivity contribution < 1.29 is 61.1 Å². The zero-order chi connectivity index (χ0) is 38.7. The Bertz CT molecular complexity index is 1920. The number of H-pyrrole nitrogens is 1. The molecule has 1 spiro atoms. The highest BCUT2D eigenvalue weighted by molar-refractivity contribution is 5.96. The number of aliphatic hydroxyl groups is 1. The van der Waals surface area contributed by atoms with Crippen LogP contribution in [0.25, 0.3) is 10.9 Å². The number of guanidine groups is 1. The molecular formula is C35H39F6N5O7. The molecule has 1 aromatic heterocycles. The van der Waals surface area contributed by atoms with Gasteiger partial charge in [0.05, 0.1) is 16.7 Å². The van der Waals surface area contributed by atoms with Crippen molar-refractivity contribution in [3.63, 3.8) is 0 Å².